The van der Waals surface area contributed by atoms with Crippen LogP contribution in [-0.2, 0) is 6.54 Å². The number of halogens is 2. The van der Waals surface area contributed by atoms with Gasteiger partial charge in [0.1, 0.15) is 15.3 Å². The summed E-state index contributed by atoms with van der Waals surface area (Å²) in [7, 11) is 0. The van der Waals surface area contributed by atoms with E-state index >= 15 is 0 Å². The average molecular weight is 249 g/mol. The summed E-state index contributed by atoms with van der Waals surface area (Å²) < 4.78 is 2.23. The lowest BCUT2D eigenvalue weighted by atomic mass is 10.1. The number of aryl methyl sites for hydroxylation is 1. The Morgan fingerprint density at radius 3 is 3.00 bits per heavy atom. The van der Waals surface area contributed by atoms with Gasteiger partial charge in [-0.15, -0.1) is 0 Å². The number of ketones is 1. The number of hydrogen-bond acceptors (Lipinski definition) is 2. The van der Waals surface area contributed by atoms with Crippen molar-refractivity contribution < 1.29 is 4.79 Å². The van der Waals surface area contributed by atoms with Crippen molar-refractivity contribution in [2.24, 2.45) is 0 Å². The Morgan fingerprint density at radius 2 is 2.33 bits per heavy atom. The topological polar surface area (TPSA) is 34.9 Å². The van der Waals surface area contributed by atoms with E-state index in [0.29, 0.717) is 21.7 Å². The molecule has 0 bridgehead atoms. The smallest absolute Gasteiger partial charge is 0.182 e. The van der Waals surface area contributed by atoms with E-state index in [9.17, 15) is 4.79 Å². The molecule has 3 nitrogen and oxygen atoms in total. The predicted molar refractivity (Wildman–Crippen MR) is 48.5 cm³/mol. The van der Waals surface area contributed by atoms with Crippen LogP contribution in [0.25, 0.3) is 0 Å². The van der Waals surface area contributed by atoms with Gasteiger partial charge in [-0.1, -0.05) is 11.6 Å². The molecule has 0 aromatic carbocycles. The Balaban J connectivity index is 2.61. The van der Waals surface area contributed by atoms with Gasteiger partial charge in [-0.3, -0.25) is 9.48 Å². The second-order valence-electron chi connectivity index (χ2n) is 2.70. The van der Waals surface area contributed by atoms with Crippen LogP contribution in [0, 0.1) is 0 Å². The van der Waals surface area contributed by atoms with Crippen molar-refractivity contribution in [2.45, 2.75) is 19.4 Å². The molecular formula is C7H6BrClN2O. The first-order valence-electron chi connectivity index (χ1n) is 3.65. The zero-order valence-corrected chi connectivity index (χ0v) is 8.52. The minimum absolute atomic E-state index is 0.0875. The average Bonchev–Trinajstić information content (AvgIpc) is 2.29. The third-order valence-electron chi connectivity index (χ3n) is 1.89. The van der Waals surface area contributed by atoms with Crippen LogP contribution in [0.5, 0.6) is 0 Å². The third-order valence-corrected chi connectivity index (χ3v) is 3.03. The number of rotatable bonds is 0. The highest BCUT2D eigenvalue weighted by Gasteiger charge is 2.23. The van der Waals surface area contributed by atoms with E-state index in [1.807, 2.05) is 0 Å². The molecule has 0 fully saturated rings. The van der Waals surface area contributed by atoms with Crippen LogP contribution in [0.3, 0.4) is 0 Å². The number of Topliss-reactive ketones (excluding diaryl/α,β-unsaturated/α-hetero) is 1. The maximum Gasteiger partial charge on any atom is 0.182 e. The number of aromatic nitrogens is 2. The Morgan fingerprint density at radius 1 is 1.58 bits per heavy atom. The fourth-order valence-electron chi connectivity index (χ4n) is 1.35. The zero-order chi connectivity index (χ0) is 8.72. The molecule has 1 aromatic rings. The van der Waals surface area contributed by atoms with Crippen LogP contribution in [-0.4, -0.2) is 15.6 Å². The normalized spacial score (nSPS) is 16.3. The summed E-state index contributed by atoms with van der Waals surface area (Å²) in [6.07, 6.45) is 1.44. The van der Waals surface area contributed by atoms with E-state index in [4.69, 9.17) is 11.6 Å². The van der Waals surface area contributed by atoms with Crippen molar-refractivity contribution >= 4 is 33.3 Å². The summed E-state index contributed by atoms with van der Waals surface area (Å²) in [6.45, 7) is 0.784. The molecule has 1 aliphatic rings. The van der Waals surface area contributed by atoms with Crippen LogP contribution in [0.1, 0.15) is 23.3 Å². The van der Waals surface area contributed by atoms with Crippen molar-refractivity contribution in [1.29, 1.82) is 0 Å². The van der Waals surface area contributed by atoms with Gasteiger partial charge in [0.2, 0.25) is 0 Å². The van der Waals surface area contributed by atoms with Gasteiger partial charge in [0.15, 0.2) is 5.78 Å². The monoisotopic (exact) mass is 248 g/mol. The first-order valence-corrected chi connectivity index (χ1v) is 4.82. The second-order valence-corrected chi connectivity index (χ2v) is 3.83. The summed E-state index contributed by atoms with van der Waals surface area (Å²) in [6, 6.07) is 0. The standard InChI is InChI=1S/C7H6BrClN2O/c8-7-5(9)6-4(12)2-1-3-11(6)10-7/h1-3H2. The Labute approximate surface area is 82.8 Å². The highest BCUT2D eigenvalue weighted by molar-refractivity contribution is 9.10. The van der Waals surface area contributed by atoms with Crippen molar-refractivity contribution in [3.05, 3.63) is 15.3 Å². The number of carbonyl (C=O) groups is 1. The van der Waals surface area contributed by atoms with Crippen molar-refractivity contribution in [3.63, 3.8) is 0 Å². The summed E-state index contributed by atoms with van der Waals surface area (Å²) in [5.74, 6) is 0.0875. The minimum Gasteiger partial charge on any atom is -0.292 e. The number of carbonyl (C=O) groups excluding carboxylic acids is 1. The highest BCUT2D eigenvalue weighted by atomic mass is 79.9. The summed E-state index contributed by atoms with van der Waals surface area (Å²) in [5, 5.41) is 4.53. The molecule has 5 heteroatoms. The molecule has 1 aliphatic heterocycles. The fourth-order valence-corrected chi connectivity index (χ4v) is 1.97. The van der Waals surface area contributed by atoms with E-state index in [0.717, 1.165) is 13.0 Å². The summed E-state index contributed by atoms with van der Waals surface area (Å²) in [5.41, 5.74) is 0.551. The summed E-state index contributed by atoms with van der Waals surface area (Å²) in [4.78, 5) is 11.4. The van der Waals surface area contributed by atoms with Gasteiger partial charge in [0.05, 0.1) is 0 Å². The first kappa shape index (κ1) is 8.26. The molecule has 0 unspecified atom stereocenters. The molecule has 0 saturated carbocycles. The molecule has 12 heavy (non-hydrogen) atoms. The number of hydrogen-bond donors (Lipinski definition) is 0. The molecule has 0 spiro atoms. The highest BCUT2D eigenvalue weighted by Crippen LogP contribution is 2.29. The van der Waals surface area contributed by atoms with Crippen LogP contribution in [0.4, 0.5) is 0 Å². The van der Waals surface area contributed by atoms with E-state index in [1.54, 1.807) is 4.68 Å². The first-order chi connectivity index (χ1) is 5.70. The van der Waals surface area contributed by atoms with E-state index in [2.05, 4.69) is 21.0 Å². The third kappa shape index (κ3) is 1.10. The van der Waals surface area contributed by atoms with Gasteiger partial charge >= 0.3 is 0 Å². The molecule has 1 aromatic heterocycles. The van der Waals surface area contributed by atoms with Gasteiger partial charge in [0, 0.05) is 13.0 Å². The zero-order valence-electron chi connectivity index (χ0n) is 6.18. The van der Waals surface area contributed by atoms with Crippen LogP contribution < -0.4 is 0 Å². The fraction of sp³-hybridized carbons (Fsp3) is 0.429. The van der Waals surface area contributed by atoms with Crippen molar-refractivity contribution in [2.75, 3.05) is 0 Å². The lowest BCUT2D eigenvalue weighted by Crippen LogP contribution is -2.17. The molecule has 0 aliphatic carbocycles. The number of nitrogens with zero attached hydrogens (tertiary/aromatic N) is 2. The maximum atomic E-state index is 11.4. The lowest BCUT2D eigenvalue weighted by Gasteiger charge is -2.11. The van der Waals surface area contributed by atoms with Crippen molar-refractivity contribution in [1.82, 2.24) is 9.78 Å². The van der Waals surface area contributed by atoms with E-state index < -0.39 is 0 Å². The number of fused-ring (bicyclic) bond motifs is 1. The van der Waals surface area contributed by atoms with Crippen LogP contribution >= 0.6 is 27.5 Å². The van der Waals surface area contributed by atoms with Gasteiger partial charge in [-0.05, 0) is 22.4 Å². The minimum atomic E-state index is 0.0875. The Hall–Kier alpha value is -0.350. The second kappa shape index (κ2) is 2.85. The molecule has 0 N–H and O–H groups in total. The maximum absolute atomic E-state index is 11.4. The molecular weight excluding hydrogens is 243 g/mol. The molecule has 0 atom stereocenters. The largest absolute Gasteiger partial charge is 0.292 e. The van der Waals surface area contributed by atoms with Crippen LogP contribution in [0.15, 0.2) is 4.60 Å². The quantitative estimate of drug-likeness (QED) is 0.707. The van der Waals surface area contributed by atoms with E-state index in [-0.39, 0.29) is 5.78 Å². The van der Waals surface area contributed by atoms with Crippen LogP contribution in [0.2, 0.25) is 5.02 Å². The molecule has 2 rings (SSSR count). The molecule has 64 valence electrons. The predicted octanol–water partition coefficient (Wildman–Crippen LogP) is 2.28. The van der Waals surface area contributed by atoms with Gasteiger partial charge in [0.25, 0.3) is 0 Å². The molecule has 0 radical (unpaired) electrons. The van der Waals surface area contributed by atoms with Gasteiger partial charge in [-0.25, -0.2) is 0 Å². The molecule has 0 amide bonds. The van der Waals surface area contributed by atoms with Crippen molar-refractivity contribution in [3.8, 4) is 0 Å². The Bertz CT molecular complexity index is 347. The van der Waals surface area contributed by atoms with E-state index in [1.165, 1.54) is 0 Å². The Kier molecular flexibility index (Phi) is 1.96. The molecule has 2 heterocycles. The SMILES string of the molecule is O=C1CCCn2nc(Br)c(Cl)c21. The summed E-state index contributed by atoms with van der Waals surface area (Å²) >= 11 is 9.06. The van der Waals surface area contributed by atoms with Gasteiger partial charge in [-0.2, -0.15) is 5.10 Å². The lowest BCUT2D eigenvalue weighted by molar-refractivity contribution is 0.0952. The molecule has 0 saturated heterocycles. The van der Waals surface area contributed by atoms with Gasteiger partial charge < -0.3 is 0 Å².